The van der Waals surface area contributed by atoms with Crippen LogP contribution in [-0.2, 0) is 28.2 Å². The molecule has 3 heterocycles. The van der Waals surface area contributed by atoms with Crippen molar-refractivity contribution in [1.82, 2.24) is 25.7 Å². The first-order chi connectivity index (χ1) is 14.5. The molecule has 170 valence electrons. The highest BCUT2D eigenvalue weighted by Gasteiger charge is 2.34. The number of amides is 2. The zero-order valence-corrected chi connectivity index (χ0v) is 18.7. The Bertz CT molecular complexity index is 884. The van der Waals surface area contributed by atoms with Crippen molar-refractivity contribution in [2.24, 2.45) is 0 Å². The summed E-state index contributed by atoms with van der Waals surface area (Å²) in [6.45, 7) is 10.4. The van der Waals surface area contributed by atoms with Gasteiger partial charge < -0.3 is 24.3 Å². The van der Waals surface area contributed by atoms with Crippen molar-refractivity contribution in [1.29, 1.82) is 0 Å². The molecule has 10 heteroatoms. The lowest BCUT2D eigenvalue weighted by Gasteiger charge is -2.26. The van der Waals surface area contributed by atoms with E-state index < -0.39 is 17.2 Å². The van der Waals surface area contributed by atoms with Crippen LogP contribution >= 0.6 is 0 Å². The van der Waals surface area contributed by atoms with Gasteiger partial charge in [0.15, 0.2) is 5.82 Å². The lowest BCUT2D eigenvalue weighted by atomic mass is 10.1. The Morgan fingerprint density at radius 3 is 2.74 bits per heavy atom. The highest BCUT2D eigenvalue weighted by molar-refractivity contribution is 5.81. The molecule has 2 N–H and O–H groups in total. The number of furan rings is 1. The lowest BCUT2D eigenvalue weighted by Crippen LogP contribution is -2.44. The third-order valence-corrected chi connectivity index (χ3v) is 4.86. The van der Waals surface area contributed by atoms with Crippen LogP contribution < -0.4 is 10.6 Å². The lowest BCUT2D eigenvalue weighted by molar-refractivity contribution is -0.126. The minimum atomic E-state index is -0.880. The molecular weight excluding hydrogens is 402 g/mol. The normalized spacial score (nSPS) is 17.5. The predicted octanol–water partition coefficient (Wildman–Crippen LogP) is 2.70. The minimum Gasteiger partial charge on any atom is -0.467 e. The van der Waals surface area contributed by atoms with Crippen molar-refractivity contribution in [2.75, 3.05) is 6.54 Å². The summed E-state index contributed by atoms with van der Waals surface area (Å²) in [5.41, 5.74) is -1.49. The first-order valence-electron chi connectivity index (χ1n) is 10.4. The highest BCUT2D eigenvalue weighted by Crippen LogP contribution is 2.22. The number of nitrogens with zero attached hydrogens (tertiary/aromatic N) is 3. The van der Waals surface area contributed by atoms with E-state index in [1.165, 1.54) is 0 Å². The molecule has 2 aromatic rings. The topological polar surface area (TPSA) is 123 Å². The molecule has 1 aliphatic rings. The fraction of sp³-hybridized carbons (Fsp3) is 0.619. The maximum absolute atomic E-state index is 12.6. The molecule has 31 heavy (non-hydrogen) atoms. The SMILES string of the molecule is CC(C)(C)OC(=O)NC(C)(C)c1noc(CN2CCCC2C(=O)NCc2ccco2)n1. The van der Waals surface area contributed by atoms with Crippen molar-refractivity contribution >= 4 is 12.0 Å². The average molecular weight is 434 g/mol. The third kappa shape index (κ3) is 6.30. The summed E-state index contributed by atoms with van der Waals surface area (Å²) in [5.74, 6) is 1.38. The molecule has 10 nitrogen and oxygen atoms in total. The summed E-state index contributed by atoms with van der Waals surface area (Å²) >= 11 is 0. The number of rotatable bonds is 7. The monoisotopic (exact) mass is 433 g/mol. The van der Waals surface area contributed by atoms with E-state index in [4.69, 9.17) is 13.7 Å². The molecular formula is C21H31N5O5. The summed E-state index contributed by atoms with van der Waals surface area (Å²) < 4.78 is 16.0. The minimum absolute atomic E-state index is 0.0550. The Morgan fingerprint density at radius 2 is 2.06 bits per heavy atom. The molecule has 0 saturated carbocycles. The van der Waals surface area contributed by atoms with Gasteiger partial charge in [-0.1, -0.05) is 5.16 Å². The van der Waals surface area contributed by atoms with Crippen LogP contribution in [0.15, 0.2) is 27.3 Å². The van der Waals surface area contributed by atoms with Crippen molar-refractivity contribution in [3.8, 4) is 0 Å². The van der Waals surface area contributed by atoms with Crippen molar-refractivity contribution in [3.63, 3.8) is 0 Å². The van der Waals surface area contributed by atoms with E-state index in [1.54, 1.807) is 46.9 Å². The first kappa shape index (κ1) is 22.8. The van der Waals surface area contributed by atoms with Gasteiger partial charge in [0.1, 0.15) is 16.9 Å². The van der Waals surface area contributed by atoms with E-state index in [0.717, 1.165) is 19.4 Å². The second kappa shape index (κ2) is 9.09. The van der Waals surface area contributed by atoms with Gasteiger partial charge in [-0.15, -0.1) is 0 Å². The smallest absolute Gasteiger partial charge is 0.408 e. The van der Waals surface area contributed by atoms with Gasteiger partial charge in [0, 0.05) is 0 Å². The van der Waals surface area contributed by atoms with E-state index in [0.29, 0.717) is 30.6 Å². The molecule has 0 radical (unpaired) electrons. The van der Waals surface area contributed by atoms with Gasteiger partial charge in [-0.2, -0.15) is 4.98 Å². The molecule has 0 spiro atoms. The number of nitrogens with one attached hydrogen (secondary N) is 2. The van der Waals surface area contributed by atoms with E-state index in [2.05, 4.69) is 20.8 Å². The largest absolute Gasteiger partial charge is 0.467 e. The Hall–Kier alpha value is -2.88. The third-order valence-electron chi connectivity index (χ3n) is 4.86. The number of ether oxygens (including phenoxy) is 1. The van der Waals surface area contributed by atoms with Gasteiger partial charge in [-0.05, 0) is 66.1 Å². The van der Waals surface area contributed by atoms with Crippen molar-refractivity contribution in [3.05, 3.63) is 35.9 Å². The average Bonchev–Trinajstić information content (AvgIpc) is 3.40. The van der Waals surface area contributed by atoms with Gasteiger partial charge in [-0.3, -0.25) is 9.69 Å². The zero-order chi connectivity index (χ0) is 22.6. The molecule has 1 unspecified atom stereocenters. The highest BCUT2D eigenvalue weighted by atomic mass is 16.6. The van der Waals surface area contributed by atoms with Gasteiger partial charge >= 0.3 is 6.09 Å². The van der Waals surface area contributed by atoms with Crippen molar-refractivity contribution in [2.45, 2.75) is 77.7 Å². The standard InChI is InChI=1S/C21H31N5O5/c1-20(2,3)30-19(28)24-21(4,5)18-23-16(31-25-18)13-26-10-6-9-15(26)17(27)22-12-14-8-7-11-29-14/h7-8,11,15H,6,9-10,12-13H2,1-5H3,(H,22,27)(H,24,28). The number of carbonyl (C=O) groups is 2. The van der Waals surface area contributed by atoms with E-state index >= 15 is 0 Å². The van der Waals surface area contributed by atoms with Gasteiger partial charge in [0.05, 0.1) is 25.4 Å². The first-order valence-corrected chi connectivity index (χ1v) is 10.4. The Labute approximate surface area is 181 Å². The molecule has 0 aliphatic carbocycles. The molecule has 2 aromatic heterocycles. The maximum Gasteiger partial charge on any atom is 0.408 e. The van der Waals surface area contributed by atoms with E-state index in [9.17, 15) is 9.59 Å². The fourth-order valence-corrected chi connectivity index (χ4v) is 3.38. The Kier molecular flexibility index (Phi) is 6.68. The van der Waals surface area contributed by atoms with Crippen LogP contribution in [0.5, 0.6) is 0 Å². The number of alkyl carbamates (subject to hydrolysis) is 1. The van der Waals surface area contributed by atoms with Crippen LogP contribution in [0.1, 0.15) is 64.9 Å². The maximum atomic E-state index is 12.6. The number of likely N-dealkylation sites (tertiary alicyclic amines) is 1. The number of aromatic nitrogens is 2. The summed E-state index contributed by atoms with van der Waals surface area (Å²) in [4.78, 5) is 31.2. The van der Waals surface area contributed by atoms with Crippen LogP contribution in [0.3, 0.4) is 0 Å². The second-order valence-electron chi connectivity index (χ2n) is 9.19. The summed E-state index contributed by atoms with van der Waals surface area (Å²) in [6.07, 6.45) is 2.69. The number of hydrogen-bond donors (Lipinski definition) is 2. The van der Waals surface area contributed by atoms with Gasteiger partial charge in [0.25, 0.3) is 0 Å². The molecule has 0 bridgehead atoms. The zero-order valence-electron chi connectivity index (χ0n) is 18.7. The van der Waals surface area contributed by atoms with Crippen molar-refractivity contribution < 1.29 is 23.3 Å². The summed E-state index contributed by atoms with van der Waals surface area (Å²) in [7, 11) is 0. The predicted molar refractivity (Wildman–Crippen MR) is 111 cm³/mol. The van der Waals surface area contributed by atoms with E-state index in [1.807, 2.05) is 11.0 Å². The molecule has 0 aromatic carbocycles. The van der Waals surface area contributed by atoms with Crippen LogP contribution in [0.4, 0.5) is 4.79 Å². The summed E-state index contributed by atoms with van der Waals surface area (Å²) in [6, 6.07) is 3.34. The van der Waals surface area contributed by atoms with E-state index in [-0.39, 0.29) is 11.9 Å². The molecule has 2 amide bonds. The molecule has 3 rings (SSSR count). The molecule has 1 atom stereocenters. The van der Waals surface area contributed by atoms with Gasteiger partial charge in [-0.25, -0.2) is 4.79 Å². The van der Waals surface area contributed by atoms with Gasteiger partial charge in [0.2, 0.25) is 11.8 Å². The number of carbonyl (C=O) groups excluding carboxylic acids is 2. The van der Waals surface area contributed by atoms with Crippen LogP contribution in [-0.4, -0.2) is 45.2 Å². The van der Waals surface area contributed by atoms with Crippen LogP contribution in [0.2, 0.25) is 0 Å². The summed E-state index contributed by atoms with van der Waals surface area (Å²) in [5, 5.41) is 9.69. The van der Waals surface area contributed by atoms with Crippen LogP contribution in [0, 0.1) is 0 Å². The molecule has 1 saturated heterocycles. The fourth-order valence-electron chi connectivity index (χ4n) is 3.38. The Balaban J connectivity index is 1.57. The Morgan fingerprint density at radius 1 is 1.29 bits per heavy atom. The quantitative estimate of drug-likeness (QED) is 0.683. The molecule has 1 aliphatic heterocycles. The molecule has 1 fully saturated rings. The second-order valence-corrected chi connectivity index (χ2v) is 9.19. The number of hydrogen-bond acceptors (Lipinski definition) is 8. The van der Waals surface area contributed by atoms with Crippen LogP contribution in [0.25, 0.3) is 0 Å².